The van der Waals surface area contributed by atoms with Crippen LogP contribution in [0, 0.1) is 12.7 Å². The van der Waals surface area contributed by atoms with Crippen molar-refractivity contribution < 1.29 is 12.8 Å². The highest BCUT2D eigenvalue weighted by molar-refractivity contribution is 7.92. The second kappa shape index (κ2) is 6.48. The van der Waals surface area contributed by atoms with Gasteiger partial charge in [-0.3, -0.25) is 4.72 Å². The van der Waals surface area contributed by atoms with Gasteiger partial charge in [0, 0.05) is 0 Å². The van der Waals surface area contributed by atoms with Gasteiger partial charge in [0.2, 0.25) is 0 Å². The first-order chi connectivity index (χ1) is 10.3. The smallest absolute Gasteiger partial charge is 0.261 e. The molecule has 0 bridgehead atoms. The molecule has 1 atom stereocenters. The van der Waals surface area contributed by atoms with Crippen molar-refractivity contribution in [3.05, 3.63) is 59.4 Å². The van der Waals surface area contributed by atoms with Gasteiger partial charge in [0.25, 0.3) is 10.0 Å². The van der Waals surface area contributed by atoms with E-state index >= 15 is 0 Å². The SMILES string of the molecule is CC[C@H](C)c1ccc(S(=O)(=O)Nc2ccc(F)cc2C)cc1. The van der Waals surface area contributed by atoms with Crippen LogP contribution in [0.15, 0.2) is 47.4 Å². The summed E-state index contributed by atoms with van der Waals surface area (Å²) in [5.41, 5.74) is 2.03. The first-order valence-corrected chi connectivity index (χ1v) is 8.70. The molecule has 0 aliphatic carbocycles. The average molecular weight is 321 g/mol. The standard InChI is InChI=1S/C17H20FNO2S/c1-4-12(2)14-5-8-16(9-6-14)22(20,21)19-17-10-7-15(18)11-13(17)3/h5-12,19H,4H2,1-3H3/t12-/m0/s1. The minimum atomic E-state index is -3.67. The van der Waals surface area contributed by atoms with Crippen molar-refractivity contribution in [3.8, 4) is 0 Å². The summed E-state index contributed by atoms with van der Waals surface area (Å²) in [4.78, 5) is 0.197. The molecule has 0 fully saturated rings. The largest absolute Gasteiger partial charge is 0.279 e. The van der Waals surface area contributed by atoms with Gasteiger partial charge in [0.05, 0.1) is 10.6 Å². The van der Waals surface area contributed by atoms with Gasteiger partial charge in [0.1, 0.15) is 5.82 Å². The van der Waals surface area contributed by atoms with Crippen LogP contribution in [0.25, 0.3) is 0 Å². The number of rotatable bonds is 5. The van der Waals surface area contributed by atoms with Gasteiger partial charge in [-0.2, -0.15) is 0 Å². The second-order valence-corrected chi connectivity index (χ2v) is 7.13. The van der Waals surface area contributed by atoms with E-state index in [-0.39, 0.29) is 4.90 Å². The number of sulfonamides is 1. The number of benzene rings is 2. The molecule has 0 saturated carbocycles. The summed E-state index contributed by atoms with van der Waals surface area (Å²) in [6, 6.07) is 10.8. The van der Waals surface area contributed by atoms with Gasteiger partial charge in [-0.05, 0) is 60.7 Å². The highest BCUT2D eigenvalue weighted by Gasteiger charge is 2.16. The number of anilines is 1. The fourth-order valence-electron chi connectivity index (χ4n) is 2.16. The van der Waals surface area contributed by atoms with E-state index < -0.39 is 15.8 Å². The van der Waals surface area contributed by atoms with Crippen LogP contribution in [-0.2, 0) is 10.0 Å². The Kier molecular flexibility index (Phi) is 4.86. The maximum atomic E-state index is 13.1. The fourth-order valence-corrected chi connectivity index (χ4v) is 3.29. The third-order valence-corrected chi connectivity index (χ3v) is 5.19. The topological polar surface area (TPSA) is 46.2 Å². The molecule has 5 heteroatoms. The maximum absolute atomic E-state index is 13.1. The fraction of sp³-hybridized carbons (Fsp3) is 0.294. The second-order valence-electron chi connectivity index (χ2n) is 5.44. The predicted octanol–water partition coefficient (Wildman–Crippen LogP) is 4.45. The van der Waals surface area contributed by atoms with Gasteiger partial charge < -0.3 is 0 Å². The zero-order valence-electron chi connectivity index (χ0n) is 12.9. The molecule has 2 aromatic carbocycles. The Labute approximate surface area is 131 Å². The summed E-state index contributed by atoms with van der Waals surface area (Å²) in [6.45, 7) is 5.85. The van der Waals surface area contributed by atoms with Crippen LogP contribution in [0.2, 0.25) is 0 Å². The third-order valence-electron chi connectivity index (χ3n) is 3.80. The monoisotopic (exact) mass is 321 g/mol. The molecule has 0 saturated heterocycles. The zero-order chi connectivity index (χ0) is 16.3. The lowest BCUT2D eigenvalue weighted by Crippen LogP contribution is -2.14. The van der Waals surface area contributed by atoms with Gasteiger partial charge >= 0.3 is 0 Å². The molecule has 0 spiro atoms. The summed E-state index contributed by atoms with van der Waals surface area (Å²) in [5, 5.41) is 0. The molecule has 3 nitrogen and oxygen atoms in total. The van der Waals surface area contributed by atoms with E-state index in [0.717, 1.165) is 12.0 Å². The van der Waals surface area contributed by atoms with Gasteiger partial charge in [0.15, 0.2) is 0 Å². The summed E-state index contributed by atoms with van der Waals surface area (Å²) < 4.78 is 40.3. The Morgan fingerprint density at radius 1 is 1.14 bits per heavy atom. The molecule has 0 aliphatic rings. The molecule has 0 amide bonds. The van der Waals surface area contributed by atoms with Crippen molar-refractivity contribution in [1.82, 2.24) is 0 Å². The number of nitrogens with one attached hydrogen (secondary N) is 1. The zero-order valence-corrected chi connectivity index (χ0v) is 13.7. The minimum Gasteiger partial charge on any atom is -0.279 e. The number of aryl methyl sites for hydroxylation is 1. The van der Waals surface area contributed by atoms with Crippen LogP contribution >= 0.6 is 0 Å². The lowest BCUT2D eigenvalue weighted by atomic mass is 9.99. The molecule has 0 aliphatic heterocycles. The molecule has 0 unspecified atom stereocenters. The number of halogens is 1. The van der Waals surface area contributed by atoms with E-state index in [1.54, 1.807) is 19.1 Å². The highest BCUT2D eigenvalue weighted by Crippen LogP contribution is 2.23. The summed E-state index contributed by atoms with van der Waals surface area (Å²) >= 11 is 0. The number of hydrogen-bond acceptors (Lipinski definition) is 2. The van der Waals surface area contributed by atoms with Gasteiger partial charge in [-0.25, -0.2) is 12.8 Å². The van der Waals surface area contributed by atoms with E-state index in [4.69, 9.17) is 0 Å². The molecular weight excluding hydrogens is 301 g/mol. The van der Waals surface area contributed by atoms with Gasteiger partial charge in [-0.1, -0.05) is 26.0 Å². The van der Waals surface area contributed by atoms with Crippen molar-refractivity contribution >= 4 is 15.7 Å². The Bertz CT molecular complexity index is 755. The van der Waals surface area contributed by atoms with E-state index in [0.29, 0.717) is 17.2 Å². The van der Waals surface area contributed by atoms with Gasteiger partial charge in [-0.15, -0.1) is 0 Å². The Morgan fingerprint density at radius 3 is 2.32 bits per heavy atom. The summed E-state index contributed by atoms with van der Waals surface area (Å²) in [5.74, 6) is 0.00223. The van der Waals surface area contributed by atoms with Crippen molar-refractivity contribution in [3.63, 3.8) is 0 Å². The third kappa shape index (κ3) is 3.65. The predicted molar refractivity (Wildman–Crippen MR) is 87.1 cm³/mol. The molecule has 2 aromatic rings. The number of hydrogen-bond donors (Lipinski definition) is 1. The molecular formula is C17H20FNO2S. The molecule has 22 heavy (non-hydrogen) atoms. The average Bonchev–Trinajstić information content (AvgIpc) is 2.49. The summed E-state index contributed by atoms with van der Waals surface area (Å²) in [6.07, 6.45) is 0.999. The highest BCUT2D eigenvalue weighted by atomic mass is 32.2. The van der Waals surface area contributed by atoms with Crippen LogP contribution in [0.3, 0.4) is 0 Å². The van der Waals surface area contributed by atoms with Crippen LogP contribution in [-0.4, -0.2) is 8.42 Å². The first kappa shape index (κ1) is 16.5. The quantitative estimate of drug-likeness (QED) is 0.884. The van der Waals surface area contributed by atoms with Crippen molar-refractivity contribution in [2.75, 3.05) is 4.72 Å². The minimum absolute atomic E-state index is 0.197. The lowest BCUT2D eigenvalue weighted by molar-refractivity contribution is 0.600. The van der Waals surface area contributed by atoms with Crippen LogP contribution in [0.5, 0.6) is 0 Å². The van der Waals surface area contributed by atoms with Crippen LogP contribution in [0.1, 0.15) is 37.3 Å². The maximum Gasteiger partial charge on any atom is 0.261 e. The van der Waals surface area contributed by atoms with Crippen LogP contribution < -0.4 is 4.72 Å². The first-order valence-electron chi connectivity index (χ1n) is 7.22. The van der Waals surface area contributed by atoms with E-state index in [2.05, 4.69) is 18.6 Å². The Hall–Kier alpha value is -1.88. The molecule has 2 rings (SSSR count). The van der Waals surface area contributed by atoms with Crippen molar-refractivity contribution in [1.29, 1.82) is 0 Å². The van der Waals surface area contributed by atoms with Crippen LogP contribution in [0.4, 0.5) is 10.1 Å². The van der Waals surface area contributed by atoms with E-state index in [9.17, 15) is 12.8 Å². The molecule has 0 aromatic heterocycles. The molecule has 0 radical (unpaired) electrons. The van der Waals surface area contributed by atoms with Crippen molar-refractivity contribution in [2.45, 2.75) is 38.0 Å². The molecule has 0 heterocycles. The van der Waals surface area contributed by atoms with E-state index in [1.807, 2.05) is 12.1 Å². The molecule has 1 N–H and O–H groups in total. The molecule has 118 valence electrons. The van der Waals surface area contributed by atoms with E-state index in [1.165, 1.54) is 18.2 Å². The normalized spacial score (nSPS) is 12.9. The Balaban J connectivity index is 2.26. The van der Waals surface area contributed by atoms with Crippen molar-refractivity contribution in [2.24, 2.45) is 0 Å². The summed E-state index contributed by atoms with van der Waals surface area (Å²) in [7, 11) is -3.67. The lowest BCUT2D eigenvalue weighted by Gasteiger charge is -2.12. The Morgan fingerprint density at radius 2 is 1.77 bits per heavy atom.